The predicted octanol–water partition coefficient (Wildman–Crippen LogP) is 4.51. The summed E-state index contributed by atoms with van der Waals surface area (Å²) in [5, 5.41) is 0.0568. The summed E-state index contributed by atoms with van der Waals surface area (Å²) >= 11 is 7.08. The van der Waals surface area contributed by atoms with Crippen molar-refractivity contribution < 1.29 is 13.9 Å². The number of esters is 1. The molecule has 0 saturated carbocycles. The van der Waals surface area contributed by atoms with Gasteiger partial charge in [0.1, 0.15) is 10.2 Å². The average molecular weight is 326 g/mol. The molecule has 1 aromatic heterocycles. The van der Waals surface area contributed by atoms with Crippen LogP contribution >= 0.6 is 23.4 Å². The van der Waals surface area contributed by atoms with E-state index < -0.39 is 11.8 Å². The number of aryl methyl sites for hydroxylation is 1. The molecule has 0 spiro atoms. The first kappa shape index (κ1) is 15.8. The number of ether oxygens (including phenoxy) is 1. The van der Waals surface area contributed by atoms with Gasteiger partial charge in [-0.2, -0.15) is 0 Å². The SMILES string of the molecule is CCOC(=O)c1cc(F)c(Sc2ccc(C)cc2)nc1Cl. The number of carbonyl (C=O) groups excluding carboxylic acids is 1. The molecule has 2 rings (SSSR count). The molecule has 0 N–H and O–H groups in total. The van der Waals surface area contributed by atoms with Crippen LogP contribution in [0.25, 0.3) is 0 Å². The van der Waals surface area contributed by atoms with Gasteiger partial charge in [0, 0.05) is 4.90 Å². The molecule has 0 aliphatic carbocycles. The van der Waals surface area contributed by atoms with E-state index in [1.165, 1.54) is 0 Å². The Morgan fingerprint density at radius 3 is 2.67 bits per heavy atom. The standard InChI is InChI=1S/C15H13ClFNO2S/c1-3-20-15(19)11-8-12(17)14(18-13(11)16)21-10-6-4-9(2)5-7-10/h4-8H,3H2,1-2H3. The molecular weight excluding hydrogens is 313 g/mol. The van der Waals surface area contributed by atoms with E-state index in [9.17, 15) is 9.18 Å². The molecule has 0 bridgehead atoms. The third-order valence-corrected chi connectivity index (χ3v) is 3.90. The second-order valence-corrected chi connectivity index (χ2v) is 5.67. The molecule has 1 heterocycles. The minimum atomic E-state index is -0.680. The Morgan fingerprint density at radius 2 is 2.05 bits per heavy atom. The van der Waals surface area contributed by atoms with Crippen LogP contribution in [-0.4, -0.2) is 17.6 Å². The van der Waals surface area contributed by atoms with E-state index in [0.29, 0.717) is 0 Å². The number of rotatable bonds is 4. The van der Waals surface area contributed by atoms with Crippen LogP contribution in [0, 0.1) is 12.7 Å². The Morgan fingerprint density at radius 1 is 1.38 bits per heavy atom. The second-order valence-electron chi connectivity index (χ2n) is 4.25. The van der Waals surface area contributed by atoms with Crippen molar-refractivity contribution in [3.05, 3.63) is 52.4 Å². The number of pyridine rings is 1. The minimum Gasteiger partial charge on any atom is -0.462 e. The smallest absolute Gasteiger partial charge is 0.341 e. The summed E-state index contributed by atoms with van der Waals surface area (Å²) in [6.45, 7) is 3.83. The highest BCUT2D eigenvalue weighted by Gasteiger charge is 2.18. The number of carbonyl (C=O) groups is 1. The van der Waals surface area contributed by atoms with Gasteiger partial charge in [0.25, 0.3) is 0 Å². The molecule has 0 fully saturated rings. The number of benzene rings is 1. The van der Waals surface area contributed by atoms with Crippen molar-refractivity contribution in [2.75, 3.05) is 6.61 Å². The highest BCUT2D eigenvalue weighted by molar-refractivity contribution is 7.99. The maximum atomic E-state index is 14.0. The molecule has 3 nitrogen and oxygen atoms in total. The van der Waals surface area contributed by atoms with Gasteiger partial charge in [0.05, 0.1) is 12.2 Å². The molecule has 0 atom stereocenters. The van der Waals surface area contributed by atoms with E-state index in [2.05, 4.69) is 4.98 Å². The van der Waals surface area contributed by atoms with Crippen molar-refractivity contribution >= 4 is 29.3 Å². The molecule has 0 saturated heterocycles. The van der Waals surface area contributed by atoms with Crippen molar-refractivity contribution in [3.8, 4) is 0 Å². The zero-order chi connectivity index (χ0) is 15.4. The van der Waals surface area contributed by atoms with Gasteiger partial charge in [0.2, 0.25) is 0 Å². The van der Waals surface area contributed by atoms with Crippen LogP contribution < -0.4 is 0 Å². The molecule has 1 aromatic carbocycles. The van der Waals surface area contributed by atoms with Gasteiger partial charge in [-0.05, 0) is 32.0 Å². The predicted molar refractivity (Wildman–Crippen MR) is 80.5 cm³/mol. The topological polar surface area (TPSA) is 39.2 Å². The van der Waals surface area contributed by atoms with Crippen LogP contribution in [-0.2, 0) is 4.74 Å². The van der Waals surface area contributed by atoms with Crippen LogP contribution in [0.1, 0.15) is 22.8 Å². The van der Waals surface area contributed by atoms with Gasteiger partial charge in [-0.25, -0.2) is 14.2 Å². The minimum absolute atomic E-state index is 0.0653. The van der Waals surface area contributed by atoms with Crippen molar-refractivity contribution in [1.29, 1.82) is 0 Å². The van der Waals surface area contributed by atoms with E-state index in [4.69, 9.17) is 16.3 Å². The third-order valence-electron chi connectivity index (χ3n) is 2.63. The maximum absolute atomic E-state index is 14.0. The van der Waals surface area contributed by atoms with Crippen LogP contribution in [0.2, 0.25) is 5.15 Å². The summed E-state index contributed by atoms with van der Waals surface area (Å²) in [4.78, 5) is 16.4. The zero-order valence-electron chi connectivity index (χ0n) is 11.5. The Hall–Kier alpha value is -1.59. The molecule has 0 aliphatic rings. The third kappa shape index (κ3) is 3.95. The van der Waals surface area contributed by atoms with Gasteiger partial charge in [-0.3, -0.25) is 0 Å². The van der Waals surface area contributed by atoms with Gasteiger partial charge in [0.15, 0.2) is 5.82 Å². The van der Waals surface area contributed by atoms with Gasteiger partial charge < -0.3 is 4.74 Å². The van der Waals surface area contributed by atoms with Crippen LogP contribution in [0.4, 0.5) is 4.39 Å². The Bertz CT molecular complexity index is 661. The van der Waals surface area contributed by atoms with Crippen molar-refractivity contribution in [2.24, 2.45) is 0 Å². The normalized spacial score (nSPS) is 10.5. The van der Waals surface area contributed by atoms with E-state index in [-0.39, 0.29) is 22.3 Å². The van der Waals surface area contributed by atoms with Gasteiger partial charge in [-0.15, -0.1) is 0 Å². The fourth-order valence-electron chi connectivity index (χ4n) is 1.59. The van der Waals surface area contributed by atoms with Gasteiger partial charge >= 0.3 is 5.97 Å². The Kier molecular flexibility index (Phi) is 5.20. The summed E-state index contributed by atoms with van der Waals surface area (Å²) in [5.41, 5.74) is 1.05. The highest BCUT2D eigenvalue weighted by atomic mass is 35.5. The van der Waals surface area contributed by atoms with E-state index in [1.54, 1.807) is 6.92 Å². The monoisotopic (exact) mass is 325 g/mol. The Balaban J connectivity index is 2.27. The molecule has 0 aliphatic heterocycles. The number of aromatic nitrogens is 1. The van der Waals surface area contributed by atoms with E-state index >= 15 is 0 Å². The zero-order valence-corrected chi connectivity index (χ0v) is 13.1. The van der Waals surface area contributed by atoms with Crippen molar-refractivity contribution in [3.63, 3.8) is 0 Å². The lowest BCUT2D eigenvalue weighted by Crippen LogP contribution is -2.07. The largest absolute Gasteiger partial charge is 0.462 e. The first-order valence-electron chi connectivity index (χ1n) is 6.29. The lowest BCUT2D eigenvalue weighted by atomic mass is 10.2. The second kappa shape index (κ2) is 6.91. The first-order chi connectivity index (χ1) is 10.0. The quantitative estimate of drug-likeness (QED) is 0.612. The van der Waals surface area contributed by atoms with Gasteiger partial charge in [-0.1, -0.05) is 41.1 Å². The molecule has 6 heteroatoms. The Labute approximate surface area is 131 Å². The van der Waals surface area contributed by atoms with Crippen LogP contribution in [0.3, 0.4) is 0 Å². The summed E-state index contributed by atoms with van der Waals surface area (Å²) in [5.74, 6) is -1.28. The van der Waals surface area contributed by atoms with Crippen molar-refractivity contribution in [1.82, 2.24) is 4.98 Å². The highest BCUT2D eigenvalue weighted by Crippen LogP contribution is 2.31. The summed E-state index contributed by atoms with van der Waals surface area (Å²) in [7, 11) is 0. The molecule has 0 unspecified atom stereocenters. The summed E-state index contributed by atoms with van der Waals surface area (Å²) < 4.78 is 18.8. The van der Waals surface area contributed by atoms with E-state index in [0.717, 1.165) is 28.3 Å². The first-order valence-corrected chi connectivity index (χ1v) is 7.48. The molecule has 0 amide bonds. The molecule has 0 radical (unpaired) electrons. The molecule has 21 heavy (non-hydrogen) atoms. The van der Waals surface area contributed by atoms with Crippen molar-refractivity contribution in [2.45, 2.75) is 23.8 Å². The molecule has 110 valence electrons. The fourth-order valence-corrected chi connectivity index (χ4v) is 2.65. The number of nitrogens with zero attached hydrogens (tertiary/aromatic N) is 1. The lowest BCUT2D eigenvalue weighted by molar-refractivity contribution is 0.0525. The number of hydrogen-bond acceptors (Lipinski definition) is 4. The fraction of sp³-hybridized carbons (Fsp3) is 0.200. The van der Waals surface area contributed by atoms with E-state index in [1.807, 2.05) is 31.2 Å². The number of hydrogen-bond donors (Lipinski definition) is 0. The average Bonchev–Trinajstić information content (AvgIpc) is 2.45. The lowest BCUT2D eigenvalue weighted by Gasteiger charge is -2.07. The summed E-state index contributed by atoms with van der Waals surface area (Å²) in [6.07, 6.45) is 0. The van der Waals surface area contributed by atoms with Crippen LogP contribution in [0.15, 0.2) is 40.3 Å². The van der Waals surface area contributed by atoms with Crippen LogP contribution in [0.5, 0.6) is 0 Å². The number of halogens is 2. The molecule has 2 aromatic rings. The maximum Gasteiger partial charge on any atom is 0.341 e. The summed E-state index contributed by atoms with van der Waals surface area (Å²) in [6, 6.07) is 8.65. The molecular formula is C15H13ClFNO2S.